The summed E-state index contributed by atoms with van der Waals surface area (Å²) in [4.78, 5) is 24.2. The van der Waals surface area contributed by atoms with E-state index in [0.29, 0.717) is 6.20 Å². The van der Waals surface area contributed by atoms with Crippen LogP contribution in [0.4, 0.5) is 4.39 Å². The number of nitrogens with one attached hydrogen (secondary N) is 1. The van der Waals surface area contributed by atoms with Gasteiger partial charge in [0.1, 0.15) is 18.4 Å². The van der Waals surface area contributed by atoms with Gasteiger partial charge in [-0.1, -0.05) is 0 Å². The summed E-state index contributed by atoms with van der Waals surface area (Å²) >= 11 is 0. The predicted octanol–water partition coefficient (Wildman–Crippen LogP) is -2.32. The number of aromatic amines is 1. The van der Waals surface area contributed by atoms with Crippen LogP contribution in [0.3, 0.4) is 0 Å². The van der Waals surface area contributed by atoms with Gasteiger partial charge in [-0.15, -0.1) is 0 Å². The molecule has 2 heterocycles. The monoisotopic (exact) mass is 276 g/mol. The summed E-state index contributed by atoms with van der Waals surface area (Å²) in [6, 6.07) is 0. The van der Waals surface area contributed by atoms with Gasteiger partial charge in [0.15, 0.2) is 0 Å². The first kappa shape index (κ1) is 13.9. The van der Waals surface area contributed by atoms with Gasteiger partial charge in [-0.25, -0.2) is 4.79 Å². The second-order valence-electron chi connectivity index (χ2n) is 4.25. The number of hydrogen-bond donors (Lipinski definition) is 4. The molecule has 0 aliphatic carbocycles. The van der Waals surface area contributed by atoms with Gasteiger partial charge in [0.2, 0.25) is 5.82 Å². The lowest BCUT2D eigenvalue weighted by atomic mass is 10.0. The molecule has 0 aromatic carbocycles. The second kappa shape index (κ2) is 5.21. The highest BCUT2D eigenvalue weighted by atomic mass is 19.1. The molecule has 1 aliphatic heterocycles. The number of aromatic nitrogens is 2. The Balaban J connectivity index is 2.35. The van der Waals surface area contributed by atoms with E-state index in [1.165, 1.54) is 0 Å². The van der Waals surface area contributed by atoms with Crippen LogP contribution in [0.2, 0.25) is 0 Å². The summed E-state index contributed by atoms with van der Waals surface area (Å²) in [5.74, 6) is -1.18. The molecule has 1 aromatic rings. The lowest BCUT2D eigenvalue weighted by Gasteiger charge is -2.36. The third-order valence-corrected chi connectivity index (χ3v) is 2.96. The number of H-pyrrole nitrogens is 1. The molecule has 0 amide bonds. The zero-order chi connectivity index (χ0) is 14.2. The Kier molecular flexibility index (Phi) is 3.80. The Hall–Kier alpha value is -1.55. The fourth-order valence-corrected chi connectivity index (χ4v) is 1.94. The van der Waals surface area contributed by atoms with E-state index in [-0.39, 0.29) is 6.42 Å². The molecule has 1 saturated heterocycles. The standard InChI is InChI=1S/C10H13FN2O6/c11-4-2-13(10(18)12-9(4)17)7-1-5(15)8(16)6(3-14)19-7/h2,5-8,14-16H,1,3H2,(H,12,17,18)/t5-,6+,7+,8+/m1/s1. The van der Waals surface area contributed by atoms with Crippen molar-refractivity contribution in [1.82, 2.24) is 9.55 Å². The molecule has 1 aromatic heterocycles. The van der Waals surface area contributed by atoms with Crippen molar-refractivity contribution in [1.29, 1.82) is 0 Å². The predicted molar refractivity (Wildman–Crippen MR) is 58.9 cm³/mol. The van der Waals surface area contributed by atoms with Crippen LogP contribution < -0.4 is 11.2 Å². The van der Waals surface area contributed by atoms with Crippen LogP contribution in [-0.2, 0) is 4.74 Å². The number of aliphatic hydroxyl groups excluding tert-OH is 3. The minimum Gasteiger partial charge on any atom is -0.394 e. The fraction of sp³-hybridized carbons (Fsp3) is 0.600. The minimum absolute atomic E-state index is 0.178. The summed E-state index contributed by atoms with van der Waals surface area (Å²) in [6.07, 6.45) is -4.25. The first-order valence-electron chi connectivity index (χ1n) is 5.57. The Morgan fingerprint density at radius 1 is 1.47 bits per heavy atom. The highest BCUT2D eigenvalue weighted by Gasteiger charge is 2.37. The zero-order valence-electron chi connectivity index (χ0n) is 9.69. The fourth-order valence-electron chi connectivity index (χ4n) is 1.94. The largest absolute Gasteiger partial charge is 0.394 e. The summed E-state index contributed by atoms with van der Waals surface area (Å²) in [6.45, 7) is -0.574. The normalized spacial score (nSPS) is 31.4. The molecule has 0 spiro atoms. The molecule has 0 radical (unpaired) electrons. The van der Waals surface area contributed by atoms with Crippen molar-refractivity contribution in [3.05, 3.63) is 32.9 Å². The molecule has 19 heavy (non-hydrogen) atoms. The van der Waals surface area contributed by atoms with Crippen LogP contribution in [0.15, 0.2) is 15.8 Å². The molecule has 8 nitrogen and oxygen atoms in total. The van der Waals surface area contributed by atoms with Gasteiger partial charge in [0.05, 0.1) is 18.9 Å². The summed E-state index contributed by atoms with van der Waals surface area (Å²) in [5.41, 5.74) is -2.06. The minimum atomic E-state index is -1.30. The number of nitrogens with zero attached hydrogens (tertiary/aromatic N) is 1. The van der Waals surface area contributed by atoms with Crippen molar-refractivity contribution in [3.63, 3.8) is 0 Å². The molecular weight excluding hydrogens is 263 g/mol. The number of rotatable bonds is 2. The molecule has 2 rings (SSSR count). The van der Waals surface area contributed by atoms with E-state index in [4.69, 9.17) is 9.84 Å². The molecule has 1 fully saturated rings. The first-order chi connectivity index (χ1) is 8.93. The van der Waals surface area contributed by atoms with E-state index in [2.05, 4.69) is 0 Å². The number of ether oxygens (including phenoxy) is 1. The van der Waals surface area contributed by atoms with Crippen LogP contribution in [-0.4, -0.2) is 49.8 Å². The van der Waals surface area contributed by atoms with E-state index in [0.717, 1.165) is 4.57 Å². The lowest BCUT2D eigenvalue weighted by molar-refractivity contribution is -0.202. The van der Waals surface area contributed by atoms with Gasteiger partial charge in [-0.05, 0) is 0 Å². The first-order valence-corrected chi connectivity index (χ1v) is 5.57. The van der Waals surface area contributed by atoms with Crippen LogP contribution in [0, 0.1) is 5.82 Å². The van der Waals surface area contributed by atoms with Gasteiger partial charge in [0, 0.05) is 6.42 Å². The van der Waals surface area contributed by atoms with E-state index >= 15 is 0 Å². The average molecular weight is 276 g/mol. The molecule has 0 unspecified atom stereocenters. The number of halogens is 1. The molecule has 4 N–H and O–H groups in total. The van der Waals surface area contributed by atoms with Crippen molar-refractivity contribution in [2.24, 2.45) is 0 Å². The Morgan fingerprint density at radius 2 is 2.16 bits per heavy atom. The van der Waals surface area contributed by atoms with Gasteiger partial charge in [-0.2, -0.15) is 4.39 Å². The SMILES string of the molecule is O=c1[nH]c(=O)n([C@@H]2C[C@@H](O)[C@H](O)[C@H](CO)O2)cc1F. The summed E-state index contributed by atoms with van der Waals surface area (Å²) in [5, 5.41) is 28.1. The Morgan fingerprint density at radius 3 is 2.79 bits per heavy atom. The molecule has 4 atom stereocenters. The summed E-state index contributed by atoms with van der Waals surface area (Å²) in [7, 11) is 0. The van der Waals surface area contributed by atoms with Gasteiger partial charge in [-0.3, -0.25) is 14.3 Å². The Bertz CT molecular complexity index is 570. The molecule has 9 heteroatoms. The van der Waals surface area contributed by atoms with Crippen molar-refractivity contribution >= 4 is 0 Å². The second-order valence-corrected chi connectivity index (χ2v) is 4.25. The molecule has 1 aliphatic rings. The maximum atomic E-state index is 13.1. The summed E-state index contributed by atoms with van der Waals surface area (Å²) < 4.78 is 19.1. The van der Waals surface area contributed by atoms with E-state index < -0.39 is 48.2 Å². The Labute approximate surface area is 105 Å². The quantitative estimate of drug-likeness (QED) is 0.480. The van der Waals surface area contributed by atoms with Crippen LogP contribution in [0.1, 0.15) is 12.6 Å². The van der Waals surface area contributed by atoms with Crippen LogP contribution >= 0.6 is 0 Å². The van der Waals surface area contributed by atoms with E-state index in [1.807, 2.05) is 0 Å². The van der Waals surface area contributed by atoms with Crippen molar-refractivity contribution in [2.75, 3.05) is 6.61 Å². The van der Waals surface area contributed by atoms with Crippen LogP contribution in [0.25, 0.3) is 0 Å². The lowest BCUT2D eigenvalue weighted by Crippen LogP contribution is -2.50. The van der Waals surface area contributed by atoms with Gasteiger partial charge < -0.3 is 20.1 Å². The van der Waals surface area contributed by atoms with Crippen molar-refractivity contribution < 1.29 is 24.4 Å². The smallest absolute Gasteiger partial charge is 0.330 e. The average Bonchev–Trinajstić information content (AvgIpc) is 2.37. The van der Waals surface area contributed by atoms with E-state index in [1.54, 1.807) is 4.98 Å². The zero-order valence-corrected chi connectivity index (χ0v) is 9.69. The third-order valence-electron chi connectivity index (χ3n) is 2.96. The highest BCUT2D eigenvalue weighted by molar-refractivity contribution is 4.91. The van der Waals surface area contributed by atoms with Gasteiger partial charge in [0.25, 0.3) is 5.56 Å². The third kappa shape index (κ3) is 2.59. The van der Waals surface area contributed by atoms with Crippen molar-refractivity contribution in [3.8, 4) is 0 Å². The molecule has 106 valence electrons. The van der Waals surface area contributed by atoms with Crippen molar-refractivity contribution in [2.45, 2.75) is 31.0 Å². The maximum absolute atomic E-state index is 13.1. The maximum Gasteiger partial charge on any atom is 0.330 e. The molecular formula is C10H13FN2O6. The topological polar surface area (TPSA) is 125 Å². The van der Waals surface area contributed by atoms with Crippen LogP contribution in [0.5, 0.6) is 0 Å². The number of hydrogen-bond acceptors (Lipinski definition) is 6. The molecule has 0 saturated carbocycles. The molecule has 0 bridgehead atoms. The number of aliphatic hydroxyl groups is 3. The van der Waals surface area contributed by atoms with E-state index in [9.17, 15) is 24.2 Å². The highest BCUT2D eigenvalue weighted by Crippen LogP contribution is 2.26. The van der Waals surface area contributed by atoms with Gasteiger partial charge >= 0.3 is 5.69 Å².